The van der Waals surface area contributed by atoms with Gasteiger partial charge in [-0.1, -0.05) is 41.8 Å². The maximum absolute atomic E-state index is 13.4. The van der Waals surface area contributed by atoms with Crippen LogP contribution in [0.4, 0.5) is 5.69 Å². The Morgan fingerprint density at radius 3 is 2.63 bits per heavy atom. The molecule has 1 N–H and O–H groups in total. The number of carbonyl (C=O) groups is 1. The number of methoxy groups -OCH3 is 1. The van der Waals surface area contributed by atoms with E-state index in [1.165, 1.54) is 35.2 Å². The second kappa shape index (κ2) is 11.9. The Kier molecular flexibility index (Phi) is 8.21. The van der Waals surface area contributed by atoms with Crippen LogP contribution in [0, 0.1) is 45.8 Å². The molecule has 6 rings (SSSR count). The summed E-state index contributed by atoms with van der Waals surface area (Å²) in [6.45, 7) is 4.69. The van der Waals surface area contributed by atoms with Crippen molar-refractivity contribution in [2.75, 3.05) is 38.3 Å². The molecule has 1 aromatic rings. The standard InChI is InChI=1S/C35H44N2O4/c1-35-21-30(23-8-11-26(12-9-23)37-16-4-5-17-37)34-27-13-10-25(36-40)20-28(27)24(7-3-6-18-38)19-29(34)31(35)14-15-32(35)33(39)22-41-2/h8-9,11-12,20,24-25,29-32,38H,4-5,7,10,13-19,21-22H2,1-2H3/t24?,25?,29-,30+,31-,32+,35-/m0/s1. The maximum Gasteiger partial charge on any atom is 0.162 e. The van der Waals surface area contributed by atoms with E-state index in [2.05, 4.69) is 59.2 Å². The summed E-state index contributed by atoms with van der Waals surface area (Å²) in [5, 5.41) is 12.8. The molecule has 4 aliphatic carbocycles. The number of aliphatic hydroxyl groups excluding tert-OH is 1. The topological polar surface area (TPSA) is 79.2 Å². The number of anilines is 1. The van der Waals surface area contributed by atoms with Crippen molar-refractivity contribution in [2.24, 2.45) is 34.3 Å². The molecule has 0 aromatic heterocycles. The van der Waals surface area contributed by atoms with E-state index in [0.29, 0.717) is 18.3 Å². The molecular formula is C35H44N2O4. The Labute approximate surface area is 244 Å². The largest absolute Gasteiger partial charge is 0.384 e. The molecule has 0 amide bonds. The van der Waals surface area contributed by atoms with Gasteiger partial charge in [0.25, 0.3) is 0 Å². The highest BCUT2D eigenvalue weighted by atomic mass is 16.5. The lowest BCUT2D eigenvalue weighted by Crippen LogP contribution is -2.46. The number of hydrogen-bond donors (Lipinski definition) is 1. The van der Waals surface area contributed by atoms with Gasteiger partial charge in [-0.15, -0.1) is 5.92 Å². The Hall–Kier alpha value is -2.75. The molecule has 6 heteroatoms. The highest BCUT2D eigenvalue weighted by Crippen LogP contribution is 2.66. The molecule has 0 bridgehead atoms. The zero-order valence-electron chi connectivity index (χ0n) is 24.6. The summed E-state index contributed by atoms with van der Waals surface area (Å²) in [5.74, 6) is 7.61. The first-order valence-corrected chi connectivity index (χ1v) is 15.7. The predicted octanol–water partition coefficient (Wildman–Crippen LogP) is 6.20. The number of rotatable bonds is 7. The molecule has 6 nitrogen and oxygen atoms in total. The number of aliphatic hydroxyl groups is 1. The molecule has 2 saturated carbocycles. The summed E-state index contributed by atoms with van der Waals surface area (Å²) in [6.07, 6.45) is 10.9. The maximum atomic E-state index is 13.4. The second-order valence-electron chi connectivity index (χ2n) is 13.2. The van der Waals surface area contributed by atoms with E-state index in [9.17, 15) is 14.8 Å². The Balaban J connectivity index is 1.46. The van der Waals surface area contributed by atoms with Gasteiger partial charge >= 0.3 is 0 Å². The van der Waals surface area contributed by atoms with Crippen molar-refractivity contribution in [3.63, 3.8) is 0 Å². The zero-order chi connectivity index (χ0) is 28.6. The molecule has 0 radical (unpaired) electrons. The van der Waals surface area contributed by atoms with Crippen molar-refractivity contribution in [1.82, 2.24) is 0 Å². The van der Waals surface area contributed by atoms with Gasteiger partial charge in [0, 0.05) is 44.1 Å². The highest BCUT2D eigenvalue weighted by Gasteiger charge is 2.58. The van der Waals surface area contributed by atoms with E-state index in [4.69, 9.17) is 4.74 Å². The first-order valence-electron chi connectivity index (χ1n) is 15.7. The monoisotopic (exact) mass is 556 g/mol. The SMILES string of the molecule is COCC(=O)[C@H]1CC[C@H]2[C@@H]3CC(CC#CCO)C4=CC(N=O)CCC4=C3[C@@H](c3ccc(N4CCCC4)cc3)C[C@]12C. The lowest BCUT2D eigenvalue weighted by molar-refractivity contribution is -0.131. The van der Waals surface area contributed by atoms with Gasteiger partial charge in [0.1, 0.15) is 19.3 Å². The number of ether oxygens (including phenoxy) is 1. The van der Waals surface area contributed by atoms with Crippen LogP contribution >= 0.6 is 0 Å². The molecule has 218 valence electrons. The number of allylic oxidation sites excluding steroid dienone is 3. The lowest BCUT2D eigenvalue weighted by Gasteiger charge is -2.54. The van der Waals surface area contributed by atoms with Crippen LogP contribution in [0.2, 0.25) is 0 Å². The predicted molar refractivity (Wildman–Crippen MR) is 161 cm³/mol. The minimum absolute atomic E-state index is 0.0185. The van der Waals surface area contributed by atoms with Crippen molar-refractivity contribution in [3.05, 3.63) is 57.5 Å². The van der Waals surface area contributed by atoms with E-state index in [0.717, 1.165) is 51.6 Å². The van der Waals surface area contributed by atoms with Crippen LogP contribution in [0.1, 0.15) is 76.2 Å². The van der Waals surface area contributed by atoms with Crippen molar-refractivity contribution in [1.29, 1.82) is 0 Å². The minimum Gasteiger partial charge on any atom is -0.384 e. The second-order valence-corrected chi connectivity index (χ2v) is 13.2. The van der Waals surface area contributed by atoms with Gasteiger partial charge in [-0.25, -0.2) is 0 Å². The number of hydrogen-bond acceptors (Lipinski definition) is 6. The third-order valence-electron chi connectivity index (χ3n) is 11.2. The number of ketones is 1. The van der Waals surface area contributed by atoms with Gasteiger partial charge in [-0.3, -0.25) is 4.79 Å². The molecule has 1 aliphatic heterocycles. The highest BCUT2D eigenvalue weighted by molar-refractivity contribution is 5.83. The van der Waals surface area contributed by atoms with E-state index < -0.39 is 0 Å². The Bertz CT molecular complexity index is 1280. The molecular weight excluding hydrogens is 512 g/mol. The molecule has 1 saturated heterocycles. The van der Waals surface area contributed by atoms with Crippen LogP contribution in [-0.2, 0) is 9.53 Å². The quantitative estimate of drug-likeness (QED) is 0.320. The molecule has 1 aromatic carbocycles. The van der Waals surface area contributed by atoms with E-state index in [-0.39, 0.29) is 48.2 Å². The van der Waals surface area contributed by atoms with Gasteiger partial charge < -0.3 is 14.7 Å². The molecule has 1 heterocycles. The van der Waals surface area contributed by atoms with Crippen molar-refractivity contribution >= 4 is 11.5 Å². The molecule has 41 heavy (non-hydrogen) atoms. The molecule has 3 fully saturated rings. The van der Waals surface area contributed by atoms with Gasteiger partial charge in [-0.2, -0.15) is 4.91 Å². The summed E-state index contributed by atoms with van der Waals surface area (Å²) >= 11 is 0. The van der Waals surface area contributed by atoms with Gasteiger partial charge in [0.05, 0.1) is 0 Å². The first kappa shape index (κ1) is 28.4. The van der Waals surface area contributed by atoms with Gasteiger partial charge in [0.15, 0.2) is 5.78 Å². The van der Waals surface area contributed by atoms with Gasteiger partial charge in [-0.05, 0) is 103 Å². The van der Waals surface area contributed by atoms with Crippen LogP contribution < -0.4 is 4.90 Å². The number of fused-ring (bicyclic) bond motifs is 4. The number of nitroso groups, excluding NO2 is 1. The molecule has 0 spiro atoms. The smallest absolute Gasteiger partial charge is 0.162 e. The first-order chi connectivity index (χ1) is 20.0. The fourth-order valence-electron chi connectivity index (χ4n) is 9.41. The average molecular weight is 557 g/mol. The van der Waals surface area contributed by atoms with Crippen molar-refractivity contribution < 1.29 is 14.6 Å². The third-order valence-corrected chi connectivity index (χ3v) is 11.2. The normalized spacial score (nSPS) is 34.2. The zero-order valence-corrected chi connectivity index (χ0v) is 24.6. The number of nitrogens with zero attached hydrogens (tertiary/aromatic N) is 2. The van der Waals surface area contributed by atoms with Crippen LogP contribution in [0.3, 0.4) is 0 Å². The van der Waals surface area contributed by atoms with E-state index >= 15 is 0 Å². The Morgan fingerprint density at radius 1 is 1.15 bits per heavy atom. The van der Waals surface area contributed by atoms with Crippen molar-refractivity contribution in [3.8, 4) is 11.8 Å². The summed E-state index contributed by atoms with van der Waals surface area (Å²) in [6, 6.07) is 9.01. The van der Waals surface area contributed by atoms with Crippen molar-refractivity contribution in [2.45, 2.75) is 76.7 Å². The fourth-order valence-corrected chi connectivity index (χ4v) is 9.41. The molecule has 5 aliphatic rings. The van der Waals surface area contributed by atoms with E-state index in [1.807, 2.05) is 0 Å². The van der Waals surface area contributed by atoms with Crippen LogP contribution in [-0.4, -0.2) is 50.3 Å². The van der Waals surface area contributed by atoms with Crippen LogP contribution in [0.5, 0.6) is 0 Å². The summed E-state index contributed by atoms with van der Waals surface area (Å²) in [5.41, 5.74) is 6.82. The summed E-state index contributed by atoms with van der Waals surface area (Å²) < 4.78 is 5.34. The number of carbonyl (C=O) groups excluding carboxylic acids is 1. The van der Waals surface area contributed by atoms with E-state index in [1.54, 1.807) is 12.7 Å². The van der Waals surface area contributed by atoms with Crippen LogP contribution in [0.25, 0.3) is 0 Å². The minimum atomic E-state index is -0.284. The third kappa shape index (κ3) is 5.10. The number of benzene rings is 1. The lowest BCUT2D eigenvalue weighted by atomic mass is 9.50. The Morgan fingerprint density at radius 2 is 1.93 bits per heavy atom. The summed E-state index contributed by atoms with van der Waals surface area (Å²) in [7, 11) is 1.62. The van der Waals surface area contributed by atoms with Crippen LogP contribution in [0.15, 0.2) is 52.2 Å². The average Bonchev–Trinajstić information content (AvgIpc) is 3.65. The number of Topliss-reactive ketones (excluding diaryl/α,β-unsaturated/α-hetero) is 1. The molecule has 2 unspecified atom stereocenters. The molecule has 7 atom stereocenters. The van der Waals surface area contributed by atoms with Gasteiger partial charge in [0.2, 0.25) is 0 Å². The fraction of sp³-hybridized carbons (Fsp3) is 0.629. The summed E-state index contributed by atoms with van der Waals surface area (Å²) in [4.78, 5) is 27.5.